The van der Waals surface area contributed by atoms with Gasteiger partial charge in [0.05, 0.1) is 24.6 Å². The summed E-state index contributed by atoms with van der Waals surface area (Å²) in [5.41, 5.74) is 1.92. The second-order valence-corrected chi connectivity index (χ2v) is 11.0. The molecule has 2 aromatic heterocycles. The molecule has 0 aliphatic carbocycles. The van der Waals surface area contributed by atoms with Crippen molar-refractivity contribution in [2.45, 2.75) is 39.0 Å². The summed E-state index contributed by atoms with van der Waals surface area (Å²) < 4.78 is 52.2. The monoisotopic (exact) mass is 565 g/mol. The molecule has 2 unspecified atom stereocenters. The van der Waals surface area contributed by atoms with Crippen molar-refractivity contribution in [2.75, 3.05) is 44.7 Å². The Hall–Kier alpha value is -3.51. The number of fused-ring (bicyclic) bond motifs is 1. The van der Waals surface area contributed by atoms with Crippen molar-refractivity contribution in [1.29, 1.82) is 0 Å². The van der Waals surface area contributed by atoms with Crippen LogP contribution >= 0.6 is 0 Å². The molecule has 0 saturated carbocycles. The molecule has 0 amide bonds. The van der Waals surface area contributed by atoms with E-state index >= 15 is 13.2 Å². The number of rotatable bonds is 7. The lowest BCUT2D eigenvalue weighted by Gasteiger charge is -2.36. The molecule has 4 heterocycles. The highest BCUT2D eigenvalue weighted by Gasteiger charge is 2.22. The molecule has 2 aliphatic heterocycles. The Morgan fingerprint density at radius 3 is 2.37 bits per heavy atom. The number of anilines is 2. The van der Waals surface area contributed by atoms with E-state index in [0.717, 1.165) is 18.7 Å². The molecule has 2 aliphatic rings. The lowest BCUT2D eigenvalue weighted by atomic mass is 10.1. The van der Waals surface area contributed by atoms with Crippen LogP contribution in [0.3, 0.4) is 0 Å². The van der Waals surface area contributed by atoms with E-state index < -0.39 is 17.5 Å². The average Bonchev–Trinajstić information content (AvgIpc) is 3.35. The number of aromatic nitrogens is 3. The third-order valence-corrected chi connectivity index (χ3v) is 7.64. The number of morpholine rings is 1. The van der Waals surface area contributed by atoms with Crippen molar-refractivity contribution in [3.8, 4) is 5.69 Å². The highest BCUT2D eigenvalue weighted by atomic mass is 19.1. The first-order valence-corrected chi connectivity index (χ1v) is 14.0. The van der Waals surface area contributed by atoms with Gasteiger partial charge in [-0.3, -0.25) is 9.80 Å². The first-order valence-electron chi connectivity index (χ1n) is 14.0. The topological polar surface area (TPSA) is 70.5 Å². The predicted octanol–water partition coefficient (Wildman–Crippen LogP) is 4.60. The van der Waals surface area contributed by atoms with Gasteiger partial charge in [-0.05, 0) is 49.7 Å². The first-order chi connectivity index (χ1) is 19.8. The largest absolute Gasteiger partial charge is 0.379 e. The predicted molar refractivity (Wildman–Crippen MR) is 152 cm³/mol. The second-order valence-electron chi connectivity index (χ2n) is 11.0. The highest BCUT2D eigenvalue weighted by molar-refractivity contribution is 5.79. The number of piperazine rings is 1. The van der Waals surface area contributed by atoms with E-state index in [1.165, 1.54) is 18.2 Å². The molecule has 2 aromatic carbocycles. The van der Waals surface area contributed by atoms with Crippen molar-refractivity contribution in [3.63, 3.8) is 0 Å². The van der Waals surface area contributed by atoms with Gasteiger partial charge < -0.3 is 19.9 Å². The lowest BCUT2D eigenvalue weighted by molar-refractivity contribution is 0.0332. The Morgan fingerprint density at radius 1 is 0.927 bits per heavy atom. The Bertz CT molecular complexity index is 1510. The van der Waals surface area contributed by atoms with Gasteiger partial charge in [0.25, 0.3) is 0 Å². The number of ether oxygens (including phenoxy) is 1. The number of nitrogens with one attached hydrogen (secondary N) is 2. The maximum Gasteiger partial charge on any atom is 0.229 e. The van der Waals surface area contributed by atoms with Gasteiger partial charge in [0, 0.05) is 74.7 Å². The average molecular weight is 566 g/mol. The van der Waals surface area contributed by atoms with E-state index in [2.05, 4.69) is 39.3 Å². The van der Waals surface area contributed by atoms with Gasteiger partial charge in [-0.2, -0.15) is 4.98 Å². The van der Waals surface area contributed by atoms with E-state index in [4.69, 9.17) is 4.74 Å². The van der Waals surface area contributed by atoms with Gasteiger partial charge in [0.2, 0.25) is 5.95 Å². The van der Waals surface area contributed by atoms with E-state index in [1.807, 2.05) is 11.0 Å². The van der Waals surface area contributed by atoms with Crippen LogP contribution in [0, 0.1) is 17.5 Å². The summed E-state index contributed by atoms with van der Waals surface area (Å²) in [6.07, 6.45) is 3.28. The summed E-state index contributed by atoms with van der Waals surface area (Å²) in [5.74, 6) is -1.46. The molecule has 0 radical (unpaired) electrons. The zero-order valence-corrected chi connectivity index (χ0v) is 23.2. The van der Waals surface area contributed by atoms with Crippen molar-refractivity contribution < 1.29 is 17.9 Å². The number of halogens is 3. The molecule has 216 valence electrons. The summed E-state index contributed by atoms with van der Waals surface area (Å²) in [4.78, 5) is 13.2. The van der Waals surface area contributed by atoms with Crippen molar-refractivity contribution >= 4 is 22.7 Å². The molecular weight excluding hydrogens is 531 g/mol. The Morgan fingerprint density at radius 2 is 1.66 bits per heavy atom. The maximum atomic E-state index is 15.1. The number of hydrogen-bond acceptors (Lipinski definition) is 7. The smallest absolute Gasteiger partial charge is 0.229 e. The molecule has 11 heteroatoms. The van der Waals surface area contributed by atoms with Gasteiger partial charge in [-0.25, -0.2) is 18.2 Å². The zero-order valence-electron chi connectivity index (χ0n) is 23.2. The van der Waals surface area contributed by atoms with Crippen LogP contribution in [-0.4, -0.2) is 75.8 Å². The fraction of sp³-hybridized carbons (Fsp3) is 0.400. The molecule has 2 saturated heterocycles. The Balaban J connectivity index is 1.20. The minimum absolute atomic E-state index is 0.0315. The van der Waals surface area contributed by atoms with Crippen molar-refractivity contribution in [3.05, 3.63) is 77.4 Å². The molecule has 2 fully saturated rings. The second kappa shape index (κ2) is 11.8. The Labute approximate surface area is 237 Å². The molecule has 0 bridgehead atoms. The molecule has 6 rings (SSSR count). The van der Waals surface area contributed by atoms with Crippen LogP contribution in [0.15, 0.2) is 48.8 Å². The minimum atomic E-state index is -0.618. The van der Waals surface area contributed by atoms with Crippen LogP contribution in [0.2, 0.25) is 0 Å². The van der Waals surface area contributed by atoms with Gasteiger partial charge in [-0.15, -0.1) is 0 Å². The summed E-state index contributed by atoms with van der Waals surface area (Å²) in [7, 11) is 0. The van der Waals surface area contributed by atoms with Crippen molar-refractivity contribution in [1.82, 2.24) is 29.7 Å². The lowest BCUT2D eigenvalue weighted by Crippen LogP contribution is -2.53. The fourth-order valence-corrected chi connectivity index (χ4v) is 5.76. The highest BCUT2D eigenvalue weighted by Crippen LogP contribution is 2.26. The number of benzene rings is 2. The standard InChI is InChI=1S/C30H34F3N7O/c1-19-15-39(16-20(2)35-19)17-21-3-4-28(27(33)11-21)36-30-34-14-22-5-6-40(29(22)37-30)23-12-25(31)24(26(32)13-23)18-38-7-9-41-10-8-38/h3-6,11-14,19-20,35H,7-10,15-18H2,1-2H3,(H,34,36,37). The van der Waals surface area contributed by atoms with Crippen LogP contribution in [0.25, 0.3) is 16.7 Å². The summed E-state index contributed by atoms with van der Waals surface area (Å²) in [5, 5.41) is 7.15. The summed E-state index contributed by atoms with van der Waals surface area (Å²) >= 11 is 0. The van der Waals surface area contributed by atoms with E-state index in [-0.39, 0.29) is 23.7 Å². The number of hydrogen-bond donors (Lipinski definition) is 2. The quantitative estimate of drug-likeness (QED) is 0.340. The zero-order chi connectivity index (χ0) is 28.5. The SMILES string of the molecule is CC1CN(Cc2ccc(Nc3ncc4ccn(-c5cc(F)c(CN6CCOCC6)c(F)c5)c4n3)c(F)c2)CC(C)N1. The van der Waals surface area contributed by atoms with Gasteiger partial charge >= 0.3 is 0 Å². The number of nitrogens with zero attached hydrogens (tertiary/aromatic N) is 5. The molecule has 8 nitrogen and oxygen atoms in total. The van der Waals surface area contributed by atoms with E-state index in [9.17, 15) is 0 Å². The normalized spacial score (nSPS) is 20.5. The maximum absolute atomic E-state index is 15.1. The third-order valence-electron chi connectivity index (χ3n) is 7.64. The van der Waals surface area contributed by atoms with Gasteiger partial charge in [0.15, 0.2) is 0 Å². The van der Waals surface area contributed by atoms with Gasteiger partial charge in [0.1, 0.15) is 23.1 Å². The summed E-state index contributed by atoms with van der Waals surface area (Å²) in [6, 6.07) is 10.3. The summed E-state index contributed by atoms with van der Waals surface area (Å²) in [6.45, 7) is 9.33. The third kappa shape index (κ3) is 6.23. The molecule has 2 N–H and O–H groups in total. The van der Waals surface area contributed by atoms with E-state index in [1.54, 1.807) is 29.1 Å². The van der Waals surface area contributed by atoms with Crippen molar-refractivity contribution in [2.24, 2.45) is 0 Å². The first kappa shape index (κ1) is 27.6. The van der Waals surface area contributed by atoms with Gasteiger partial charge in [-0.1, -0.05) is 6.07 Å². The van der Waals surface area contributed by atoms with Crippen LogP contribution < -0.4 is 10.6 Å². The Kier molecular flexibility index (Phi) is 7.94. The van der Waals surface area contributed by atoms with Crippen LogP contribution in [0.1, 0.15) is 25.0 Å². The van der Waals surface area contributed by atoms with Crippen LogP contribution in [0.4, 0.5) is 24.8 Å². The van der Waals surface area contributed by atoms with Crippen LogP contribution in [-0.2, 0) is 17.8 Å². The fourth-order valence-electron chi connectivity index (χ4n) is 5.76. The molecule has 2 atom stereocenters. The molecule has 0 spiro atoms. The molecule has 41 heavy (non-hydrogen) atoms. The van der Waals surface area contributed by atoms with E-state index in [0.29, 0.717) is 61.7 Å². The minimum Gasteiger partial charge on any atom is -0.379 e. The molecule has 4 aromatic rings. The molecular formula is C30H34F3N7O. The van der Waals surface area contributed by atoms with Crippen LogP contribution in [0.5, 0.6) is 0 Å².